The van der Waals surface area contributed by atoms with Crippen LogP contribution in [0, 0.1) is 29.1 Å². The van der Waals surface area contributed by atoms with Gasteiger partial charge >= 0.3 is 0 Å². The molecule has 6 nitrogen and oxygen atoms in total. The van der Waals surface area contributed by atoms with Crippen molar-refractivity contribution < 1.29 is 18.3 Å². The van der Waals surface area contributed by atoms with Gasteiger partial charge in [0.15, 0.2) is 11.5 Å². The van der Waals surface area contributed by atoms with Crippen LogP contribution in [0.15, 0.2) is 71.1 Å². The first-order chi connectivity index (χ1) is 21.7. The highest BCUT2D eigenvalue weighted by Gasteiger charge is 2.73. The average molecular weight is 602 g/mol. The van der Waals surface area contributed by atoms with E-state index in [2.05, 4.69) is 47.5 Å². The third-order valence-electron chi connectivity index (χ3n) is 11.8. The molecular weight excluding hydrogens is 565 g/mol. The van der Waals surface area contributed by atoms with E-state index in [-0.39, 0.29) is 22.3 Å². The van der Waals surface area contributed by atoms with Crippen molar-refractivity contribution in [2.45, 2.75) is 81.4 Å². The smallest absolute Gasteiger partial charge is 0.233 e. The summed E-state index contributed by atoms with van der Waals surface area (Å²) in [6.07, 6.45) is 6.61. The minimum Gasteiger partial charge on any atom is -0.441 e. The molecule has 1 aromatic heterocycles. The van der Waals surface area contributed by atoms with Crippen molar-refractivity contribution in [2.24, 2.45) is 10.8 Å². The highest BCUT2D eigenvalue weighted by molar-refractivity contribution is 6.00. The van der Waals surface area contributed by atoms with Gasteiger partial charge in [0.25, 0.3) is 0 Å². The van der Waals surface area contributed by atoms with Crippen LogP contribution in [0.3, 0.4) is 0 Å². The van der Waals surface area contributed by atoms with Crippen molar-refractivity contribution in [1.82, 2.24) is 4.98 Å². The molecule has 45 heavy (non-hydrogen) atoms. The molecule has 7 heteroatoms. The molecule has 2 aliphatic heterocycles. The Balaban J connectivity index is 0.994. The number of alkyl halides is 1. The van der Waals surface area contributed by atoms with E-state index in [0.29, 0.717) is 38.3 Å². The van der Waals surface area contributed by atoms with Gasteiger partial charge in [-0.15, -0.1) is 0 Å². The first-order valence-electron chi connectivity index (χ1n) is 16.3. The van der Waals surface area contributed by atoms with Crippen LogP contribution in [-0.2, 0) is 20.5 Å². The Bertz CT molecular complexity index is 1870. The van der Waals surface area contributed by atoms with Gasteiger partial charge in [-0.2, -0.15) is 5.26 Å². The van der Waals surface area contributed by atoms with Crippen LogP contribution < -0.4 is 4.90 Å². The number of nitriles is 1. The van der Waals surface area contributed by atoms with E-state index in [4.69, 9.17) is 9.15 Å². The van der Waals surface area contributed by atoms with Crippen LogP contribution in [-0.4, -0.2) is 29.7 Å². The van der Waals surface area contributed by atoms with E-state index >= 15 is 0 Å². The Morgan fingerprint density at radius 2 is 1.64 bits per heavy atom. The number of carbonyl (C=O) groups excluding carboxylic acids is 1. The minimum atomic E-state index is -1.15. The molecule has 5 aliphatic carbocycles. The second-order valence-electron chi connectivity index (χ2n) is 14.9. The standard InChI is InChI=1S/C38H36FN3O3/c1-25-41-31-10-5-27(18-32(31)45-25)26-3-2-4-30(17-26)42(33(43)36-19-37(39,20-36)21-36)23-34-11-15-38(16-12-34,44-24-34)29-8-6-28(7-9-29)35(22-40)13-14-35/h2-10,17-18H,11-16,19-21,23-24H2,1H3. The van der Waals surface area contributed by atoms with E-state index in [1.807, 2.05) is 42.2 Å². The molecule has 11 rings (SSSR count). The van der Waals surface area contributed by atoms with Crippen molar-refractivity contribution in [3.8, 4) is 17.2 Å². The Kier molecular flexibility index (Phi) is 5.48. The molecule has 4 bridgehead atoms. The average Bonchev–Trinajstić information content (AvgIpc) is 3.76. The lowest BCUT2D eigenvalue weighted by molar-refractivity contribution is -0.213. The molecule has 7 aliphatic rings. The Labute approximate surface area is 262 Å². The van der Waals surface area contributed by atoms with Crippen LogP contribution in [0.1, 0.15) is 74.8 Å². The van der Waals surface area contributed by atoms with Gasteiger partial charge < -0.3 is 14.1 Å². The molecule has 1 amide bonds. The number of halogens is 1. The highest BCUT2D eigenvalue weighted by atomic mass is 19.1. The summed E-state index contributed by atoms with van der Waals surface area (Å²) in [6, 6.07) is 25.2. The van der Waals surface area contributed by atoms with Gasteiger partial charge in [-0.3, -0.25) is 4.79 Å². The topological polar surface area (TPSA) is 79.4 Å². The van der Waals surface area contributed by atoms with Gasteiger partial charge in [0, 0.05) is 24.6 Å². The number of nitrogens with zero attached hydrogens (tertiary/aromatic N) is 3. The highest BCUT2D eigenvalue weighted by Crippen LogP contribution is 2.70. The van der Waals surface area contributed by atoms with Crippen LogP contribution in [0.2, 0.25) is 0 Å². The molecule has 2 saturated heterocycles. The predicted molar refractivity (Wildman–Crippen MR) is 168 cm³/mol. The maximum atomic E-state index is 14.7. The number of anilines is 1. The van der Waals surface area contributed by atoms with Crippen LogP contribution in [0.5, 0.6) is 0 Å². The summed E-state index contributed by atoms with van der Waals surface area (Å²) in [7, 11) is 0. The summed E-state index contributed by atoms with van der Waals surface area (Å²) in [5, 5.41) is 9.62. The fourth-order valence-corrected chi connectivity index (χ4v) is 8.89. The summed E-state index contributed by atoms with van der Waals surface area (Å²) in [4.78, 5) is 20.7. The maximum Gasteiger partial charge on any atom is 0.233 e. The Morgan fingerprint density at radius 1 is 0.933 bits per heavy atom. The number of aromatic nitrogens is 1. The van der Waals surface area contributed by atoms with Gasteiger partial charge in [0.05, 0.1) is 29.1 Å². The summed E-state index contributed by atoms with van der Waals surface area (Å²) >= 11 is 0. The van der Waals surface area contributed by atoms with Gasteiger partial charge in [0.2, 0.25) is 5.91 Å². The summed E-state index contributed by atoms with van der Waals surface area (Å²) in [5.41, 5.74) is 4.22. The van der Waals surface area contributed by atoms with Gasteiger partial charge in [-0.05, 0) is 104 Å². The number of fused-ring (bicyclic) bond motifs is 4. The molecule has 228 valence electrons. The molecule has 0 radical (unpaired) electrons. The lowest BCUT2D eigenvalue weighted by Gasteiger charge is -2.65. The molecule has 0 spiro atoms. The first kappa shape index (κ1) is 27.3. The number of ether oxygens (including phenoxy) is 1. The molecule has 5 saturated carbocycles. The monoisotopic (exact) mass is 601 g/mol. The number of hydrogen-bond donors (Lipinski definition) is 0. The zero-order chi connectivity index (χ0) is 30.7. The first-order valence-corrected chi connectivity index (χ1v) is 16.3. The zero-order valence-electron chi connectivity index (χ0n) is 25.6. The number of hydrogen-bond acceptors (Lipinski definition) is 5. The lowest BCUT2D eigenvalue weighted by Crippen LogP contribution is -2.71. The largest absolute Gasteiger partial charge is 0.441 e. The van der Waals surface area contributed by atoms with Crippen molar-refractivity contribution in [1.29, 1.82) is 5.26 Å². The van der Waals surface area contributed by atoms with Crippen molar-refractivity contribution in [2.75, 3.05) is 18.1 Å². The number of carbonyl (C=O) groups is 1. The maximum absolute atomic E-state index is 14.7. The van der Waals surface area contributed by atoms with Gasteiger partial charge in [0.1, 0.15) is 11.2 Å². The summed E-state index contributed by atoms with van der Waals surface area (Å²) in [6.45, 7) is 2.99. The molecule has 3 heterocycles. The van der Waals surface area contributed by atoms with Crippen LogP contribution in [0.25, 0.3) is 22.2 Å². The summed E-state index contributed by atoms with van der Waals surface area (Å²) < 4.78 is 27.2. The molecule has 0 unspecified atom stereocenters. The molecule has 4 aromatic rings. The second-order valence-corrected chi connectivity index (χ2v) is 14.9. The molecule has 0 atom stereocenters. The normalized spacial score (nSPS) is 31.9. The third-order valence-corrected chi connectivity index (χ3v) is 11.8. The number of rotatable bonds is 7. The van der Waals surface area contributed by atoms with Crippen molar-refractivity contribution in [3.63, 3.8) is 0 Å². The number of amides is 1. The number of oxazole rings is 1. The van der Waals surface area contributed by atoms with E-state index in [9.17, 15) is 14.4 Å². The fourth-order valence-electron chi connectivity index (χ4n) is 8.89. The van der Waals surface area contributed by atoms with Crippen molar-refractivity contribution in [3.05, 3.63) is 83.7 Å². The van der Waals surface area contributed by atoms with Crippen molar-refractivity contribution >= 4 is 22.7 Å². The van der Waals surface area contributed by atoms with Gasteiger partial charge in [-0.25, -0.2) is 9.37 Å². The summed E-state index contributed by atoms with van der Waals surface area (Å²) in [5.74, 6) is 0.685. The number of aryl methyl sites for hydroxylation is 1. The van der Waals surface area contributed by atoms with Crippen LogP contribution in [0.4, 0.5) is 10.1 Å². The lowest BCUT2D eigenvalue weighted by atomic mass is 9.41. The SMILES string of the molecule is Cc1nc2ccc(-c3cccc(N(CC45CCC(c6ccc(C7(C#N)CC7)cc6)(CC4)OC5)C(=O)C45CC(F)(C4)C5)c3)cc2o1. The minimum absolute atomic E-state index is 0.0550. The molecular formula is C38H36FN3O3. The third kappa shape index (κ3) is 4.07. The molecule has 7 fully saturated rings. The van der Waals surface area contributed by atoms with E-state index < -0.39 is 11.1 Å². The Morgan fingerprint density at radius 3 is 2.29 bits per heavy atom. The predicted octanol–water partition coefficient (Wildman–Crippen LogP) is 8.07. The quantitative estimate of drug-likeness (QED) is 0.214. The molecule has 3 aromatic carbocycles. The number of benzene rings is 3. The zero-order valence-corrected chi connectivity index (χ0v) is 25.6. The van der Waals surface area contributed by atoms with E-state index in [1.165, 1.54) is 5.56 Å². The fraction of sp³-hybridized carbons (Fsp3) is 0.447. The second kappa shape index (κ2) is 9.04. The van der Waals surface area contributed by atoms with E-state index in [1.54, 1.807) is 0 Å². The van der Waals surface area contributed by atoms with Crippen LogP contribution >= 0.6 is 0 Å². The Hall–Kier alpha value is -4.02. The molecule has 0 N–H and O–H groups in total. The van der Waals surface area contributed by atoms with Gasteiger partial charge in [-0.1, -0.05) is 42.5 Å². The van der Waals surface area contributed by atoms with E-state index in [0.717, 1.165) is 72.0 Å².